The van der Waals surface area contributed by atoms with Gasteiger partial charge in [-0.25, -0.2) is 9.99 Å². The Labute approximate surface area is 247 Å². The molecular weight excluding hydrogens is 591 g/mol. The van der Waals surface area contributed by atoms with Crippen molar-refractivity contribution in [1.82, 2.24) is 15.3 Å². The second kappa shape index (κ2) is 11.6. The zero-order valence-electron chi connectivity index (χ0n) is 22.0. The van der Waals surface area contributed by atoms with Gasteiger partial charge >= 0.3 is 10.1 Å². The Morgan fingerprint density at radius 3 is 2.54 bits per heavy atom. The molecular formula is C27H26Cl2N6O5S. The van der Waals surface area contributed by atoms with E-state index in [2.05, 4.69) is 25.7 Å². The molecule has 2 unspecified atom stereocenters. The molecule has 2 aliphatic rings. The number of benzene rings is 1. The first kappa shape index (κ1) is 28.8. The summed E-state index contributed by atoms with van der Waals surface area (Å²) in [6.45, 7) is 3.66. The van der Waals surface area contributed by atoms with Gasteiger partial charge < -0.3 is 14.8 Å². The maximum Gasteiger partial charge on any atom is 0.340 e. The van der Waals surface area contributed by atoms with Crippen molar-refractivity contribution in [2.75, 3.05) is 10.3 Å². The van der Waals surface area contributed by atoms with Gasteiger partial charge in [0.1, 0.15) is 10.9 Å². The number of pyridine rings is 2. The van der Waals surface area contributed by atoms with Crippen LogP contribution in [-0.4, -0.2) is 48.2 Å². The number of hydrogen-bond acceptors (Lipinski definition) is 9. The number of hydrazone groups is 1. The Morgan fingerprint density at radius 1 is 1.12 bits per heavy atom. The Bertz CT molecular complexity index is 1630. The first-order chi connectivity index (χ1) is 19.5. The molecule has 3 aromatic rings. The lowest BCUT2D eigenvalue weighted by Gasteiger charge is -2.23. The molecule has 0 saturated heterocycles. The minimum atomic E-state index is -4.26. The minimum Gasteiger partial charge on any atom is -0.361 e. The number of rotatable bonds is 8. The first-order valence-corrected chi connectivity index (χ1v) is 14.9. The van der Waals surface area contributed by atoms with Crippen LogP contribution >= 0.6 is 23.2 Å². The van der Waals surface area contributed by atoms with E-state index in [9.17, 15) is 18.0 Å². The molecule has 1 aliphatic carbocycles. The van der Waals surface area contributed by atoms with E-state index in [1.54, 1.807) is 25.1 Å². The fourth-order valence-electron chi connectivity index (χ4n) is 4.45. The molecule has 2 N–H and O–H groups in total. The van der Waals surface area contributed by atoms with Gasteiger partial charge in [0.25, 0.3) is 5.91 Å². The van der Waals surface area contributed by atoms with Gasteiger partial charge in [0, 0.05) is 29.7 Å². The molecule has 2 amide bonds. The number of carbonyl (C=O) groups is 2. The Hall–Kier alpha value is -3.74. The third kappa shape index (κ3) is 6.45. The molecule has 11 nitrogen and oxygen atoms in total. The van der Waals surface area contributed by atoms with Gasteiger partial charge in [-0.2, -0.15) is 8.42 Å². The second-order valence-corrected chi connectivity index (χ2v) is 12.2. The Balaban J connectivity index is 1.44. The van der Waals surface area contributed by atoms with Crippen LogP contribution in [0.3, 0.4) is 0 Å². The lowest BCUT2D eigenvalue weighted by Crippen LogP contribution is -2.40. The average Bonchev–Trinajstić information content (AvgIpc) is 3.71. The minimum absolute atomic E-state index is 0.0302. The predicted octanol–water partition coefficient (Wildman–Crippen LogP) is 4.56. The van der Waals surface area contributed by atoms with E-state index in [-0.39, 0.29) is 51.3 Å². The standard InChI is InChI=1S/C27H26Cl2N6O5S/c1-15-12-18(28)13-20(26(36)32-16(2)17-5-6-17)24(15)33-27(37)22-14-23(34-35(22)25-21(29)4-3-9-31-25)40-41(38,39)19-7-10-30-11-8-19/h3-4,7-13,16-17,22H,5-6,14H2,1-2H3,(H,32,36)(H,33,37). The van der Waals surface area contributed by atoms with Crippen LogP contribution in [0.5, 0.6) is 0 Å². The van der Waals surface area contributed by atoms with Gasteiger partial charge in [0.15, 0.2) is 5.82 Å². The molecule has 214 valence electrons. The number of halogens is 2. The third-order valence-corrected chi connectivity index (χ3v) is 8.54. The number of hydrogen-bond donors (Lipinski definition) is 2. The van der Waals surface area contributed by atoms with Crippen molar-refractivity contribution in [3.63, 3.8) is 0 Å². The number of anilines is 2. The van der Waals surface area contributed by atoms with E-state index in [0.717, 1.165) is 12.8 Å². The summed E-state index contributed by atoms with van der Waals surface area (Å²) in [6, 6.07) is 7.72. The largest absolute Gasteiger partial charge is 0.361 e. The van der Waals surface area contributed by atoms with E-state index in [1.807, 2.05) is 6.92 Å². The summed E-state index contributed by atoms with van der Waals surface area (Å²) in [5.74, 6) is -0.660. The zero-order valence-corrected chi connectivity index (χ0v) is 24.4. The molecule has 14 heteroatoms. The van der Waals surface area contributed by atoms with E-state index >= 15 is 0 Å². The molecule has 0 spiro atoms. The van der Waals surface area contributed by atoms with Gasteiger partial charge in [-0.05, 0) is 74.6 Å². The van der Waals surface area contributed by atoms with E-state index in [1.165, 1.54) is 41.8 Å². The highest BCUT2D eigenvalue weighted by molar-refractivity contribution is 7.87. The maximum absolute atomic E-state index is 13.8. The summed E-state index contributed by atoms with van der Waals surface area (Å²) in [5.41, 5.74) is 1.04. The van der Waals surface area contributed by atoms with E-state index < -0.39 is 22.1 Å². The van der Waals surface area contributed by atoms with Gasteiger partial charge in [-0.1, -0.05) is 23.2 Å². The monoisotopic (exact) mass is 616 g/mol. The van der Waals surface area contributed by atoms with Crippen molar-refractivity contribution in [3.05, 3.63) is 76.2 Å². The highest BCUT2D eigenvalue weighted by Crippen LogP contribution is 2.34. The number of aromatic nitrogens is 2. The van der Waals surface area contributed by atoms with Crippen molar-refractivity contribution < 1.29 is 22.2 Å². The molecule has 3 heterocycles. The normalized spacial score (nSPS) is 17.5. The van der Waals surface area contributed by atoms with Crippen molar-refractivity contribution >= 4 is 62.5 Å². The second-order valence-electron chi connectivity index (χ2n) is 9.82. The SMILES string of the molecule is Cc1cc(Cl)cc(C(=O)NC(C)C2CC2)c1NC(=O)C1CC(OS(=O)(=O)c2ccncc2)=NN1c1ncccc1Cl. The van der Waals surface area contributed by atoms with Crippen LogP contribution in [0.2, 0.25) is 10.0 Å². The van der Waals surface area contributed by atoms with Crippen LogP contribution in [0, 0.1) is 12.8 Å². The quantitative estimate of drug-likeness (QED) is 0.351. The van der Waals surface area contributed by atoms with Crippen molar-refractivity contribution in [3.8, 4) is 0 Å². The highest BCUT2D eigenvalue weighted by Gasteiger charge is 2.39. The van der Waals surface area contributed by atoms with Gasteiger partial charge in [-0.15, -0.1) is 5.10 Å². The first-order valence-electron chi connectivity index (χ1n) is 12.8. The number of nitrogens with one attached hydrogen (secondary N) is 2. The number of amides is 2. The third-order valence-electron chi connectivity index (χ3n) is 6.77. The summed E-state index contributed by atoms with van der Waals surface area (Å²) in [7, 11) is -4.26. The molecule has 1 aliphatic heterocycles. The van der Waals surface area contributed by atoms with Gasteiger partial charge in [-0.3, -0.25) is 14.6 Å². The maximum atomic E-state index is 13.8. The zero-order chi connectivity index (χ0) is 29.3. The fraction of sp³-hybridized carbons (Fsp3) is 0.296. The van der Waals surface area contributed by atoms with Crippen molar-refractivity contribution in [1.29, 1.82) is 0 Å². The molecule has 5 rings (SSSR count). The highest BCUT2D eigenvalue weighted by atomic mass is 35.5. The van der Waals surface area contributed by atoms with Crippen LogP contribution in [0.4, 0.5) is 11.5 Å². The molecule has 1 saturated carbocycles. The summed E-state index contributed by atoms with van der Waals surface area (Å²) in [5, 5.41) is 11.8. The fourth-order valence-corrected chi connectivity index (χ4v) is 5.84. The summed E-state index contributed by atoms with van der Waals surface area (Å²) < 4.78 is 31.0. The Kier molecular flexibility index (Phi) is 8.16. The average molecular weight is 618 g/mol. The van der Waals surface area contributed by atoms with Crippen LogP contribution in [0.15, 0.2) is 65.0 Å². The lowest BCUT2D eigenvalue weighted by atomic mass is 10.1. The van der Waals surface area contributed by atoms with Crippen molar-refractivity contribution in [2.45, 2.75) is 50.1 Å². The summed E-state index contributed by atoms with van der Waals surface area (Å²) in [4.78, 5) is 34.9. The molecule has 1 aromatic carbocycles. The van der Waals surface area contributed by atoms with E-state index in [0.29, 0.717) is 16.5 Å². The number of aryl methyl sites for hydroxylation is 1. The summed E-state index contributed by atoms with van der Waals surface area (Å²) in [6.07, 6.45) is 5.97. The summed E-state index contributed by atoms with van der Waals surface area (Å²) >= 11 is 12.6. The van der Waals surface area contributed by atoms with Crippen molar-refractivity contribution in [2.24, 2.45) is 11.0 Å². The molecule has 1 fully saturated rings. The predicted molar refractivity (Wildman–Crippen MR) is 155 cm³/mol. The lowest BCUT2D eigenvalue weighted by molar-refractivity contribution is -0.117. The molecule has 2 aromatic heterocycles. The number of nitrogens with zero attached hydrogens (tertiary/aromatic N) is 4. The van der Waals surface area contributed by atoms with Crippen LogP contribution in [0.25, 0.3) is 0 Å². The topological polar surface area (TPSA) is 143 Å². The molecule has 0 bridgehead atoms. The van der Waals surface area contributed by atoms with Gasteiger partial charge in [0.2, 0.25) is 11.8 Å². The smallest absolute Gasteiger partial charge is 0.340 e. The molecule has 41 heavy (non-hydrogen) atoms. The van der Waals surface area contributed by atoms with E-state index in [4.69, 9.17) is 27.4 Å². The van der Waals surface area contributed by atoms with Gasteiger partial charge in [0.05, 0.1) is 22.7 Å². The molecule has 2 atom stereocenters. The van der Waals surface area contributed by atoms with Crippen LogP contribution in [-0.2, 0) is 19.1 Å². The van der Waals surface area contributed by atoms with Crippen LogP contribution in [0.1, 0.15) is 42.1 Å². The molecule has 0 radical (unpaired) electrons. The Morgan fingerprint density at radius 2 is 1.85 bits per heavy atom. The number of carbonyl (C=O) groups excluding carboxylic acids is 2. The van der Waals surface area contributed by atoms with Crippen LogP contribution < -0.4 is 15.6 Å².